The first kappa shape index (κ1) is 18.4. The first-order valence-corrected chi connectivity index (χ1v) is 8.39. The lowest BCUT2D eigenvalue weighted by Crippen LogP contribution is -2.32. The van der Waals surface area contributed by atoms with Gasteiger partial charge in [0.05, 0.1) is 12.8 Å². The van der Waals surface area contributed by atoms with Crippen LogP contribution in [0.5, 0.6) is 5.75 Å². The minimum atomic E-state index is -0.575. The molecule has 3 aromatic rings. The number of pyridine rings is 1. The largest absolute Gasteiger partial charge is 0.497 e. The molecule has 0 aliphatic carbocycles. The zero-order chi connectivity index (χ0) is 19.4. The second-order valence-corrected chi connectivity index (χ2v) is 6.08. The van der Waals surface area contributed by atoms with E-state index in [4.69, 9.17) is 4.74 Å². The van der Waals surface area contributed by atoms with Gasteiger partial charge in [-0.3, -0.25) is 14.2 Å². The van der Waals surface area contributed by atoms with Crippen LogP contribution in [0.15, 0.2) is 65.6 Å². The molecule has 0 radical (unpaired) electrons. The monoisotopic (exact) mass is 366 g/mol. The summed E-state index contributed by atoms with van der Waals surface area (Å²) < 4.78 is 20.4. The quantitative estimate of drug-likeness (QED) is 0.754. The van der Waals surface area contributed by atoms with E-state index in [1.165, 1.54) is 18.3 Å². The molecule has 0 atom stereocenters. The number of ether oxygens (including phenoxy) is 1. The van der Waals surface area contributed by atoms with Crippen LogP contribution >= 0.6 is 0 Å². The van der Waals surface area contributed by atoms with Gasteiger partial charge in [0.25, 0.3) is 11.5 Å². The Hall–Kier alpha value is -3.41. The van der Waals surface area contributed by atoms with Gasteiger partial charge in [-0.2, -0.15) is 0 Å². The number of hydrogen-bond acceptors (Lipinski definition) is 3. The van der Waals surface area contributed by atoms with E-state index in [-0.39, 0.29) is 17.8 Å². The molecule has 1 N–H and O–H groups in total. The molecule has 1 aromatic heterocycles. The predicted octanol–water partition coefficient (Wildman–Crippen LogP) is 3.22. The van der Waals surface area contributed by atoms with Crippen molar-refractivity contribution < 1.29 is 13.9 Å². The Morgan fingerprint density at radius 3 is 2.59 bits per heavy atom. The van der Waals surface area contributed by atoms with Gasteiger partial charge >= 0.3 is 0 Å². The number of methoxy groups -OCH3 is 1. The Labute approximate surface area is 156 Å². The van der Waals surface area contributed by atoms with Crippen LogP contribution in [-0.2, 0) is 6.54 Å². The number of hydrogen-bond donors (Lipinski definition) is 1. The molecule has 2 aromatic carbocycles. The molecule has 0 aliphatic heterocycles. The highest BCUT2D eigenvalue weighted by Gasteiger charge is 2.14. The van der Waals surface area contributed by atoms with Crippen LogP contribution in [0.3, 0.4) is 0 Å². The molecule has 1 heterocycles. The molecule has 0 saturated heterocycles. The fourth-order valence-corrected chi connectivity index (χ4v) is 2.68. The summed E-state index contributed by atoms with van der Waals surface area (Å²) in [6.07, 6.45) is 1.44. The molecule has 27 heavy (non-hydrogen) atoms. The average molecular weight is 366 g/mol. The van der Waals surface area contributed by atoms with Gasteiger partial charge in [0.1, 0.15) is 17.1 Å². The number of carbonyl (C=O) groups is 1. The lowest BCUT2D eigenvalue weighted by Gasteiger charge is -2.10. The molecule has 0 fully saturated rings. The van der Waals surface area contributed by atoms with Crippen LogP contribution in [0.2, 0.25) is 0 Å². The fourth-order valence-electron chi connectivity index (χ4n) is 2.68. The van der Waals surface area contributed by atoms with Gasteiger partial charge in [0.2, 0.25) is 0 Å². The fraction of sp³-hybridized carbons (Fsp3) is 0.143. The van der Waals surface area contributed by atoms with Gasteiger partial charge in [-0.1, -0.05) is 18.2 Å². The number of nitrogens with zero attached hydrogens (tertiary/aromatic N) is 1. The number of nitrogens with one attached hydrogen (secondary N) is 1. The number of halogens is 1. The van der Waals surface area contributed by atoms with E-state index in [1.807, 2.05) is 12.1 Å². The Morgan fingerprint density at radius 1 is 1.15 bits per heavy atom. The van der Waals surface area contributed by atoms with Crippen molar-refractivity contribution in [1.29, 1.82) is 0 Å². The standard InChI is InChI=1S/C21H19FN2O3/c1-14-5-10-18(22)19(12-14)24-11-3-4-17(21(24)26)20(25)23-13-15-6-8-16(27-2)9-7-15/h3-12H,13H2,1-2H3,(H,23,25). The van der Waals surface area contributed by atoms with Crippen LogP contribution in [0.25, 0.3) is 5.69 Å². The lowest BCUT2D eigenvalue weighted by molar-refractivity contribution is 0.0949. The maximum absolute atomic E-state index is 14.1. The van der Waals surface area contributed by atoms with Gasteiger partial charge in [0, 0.05) is 12.7 Å². The molecule has 6 heteroatoms. The van der Waals surface area contributed by atoms with Crippen LogP contribution in [0, 0.1) is 12.7 Å². The smallest absolute Gasteiger partial charge is 0.268 e. The molecule has 1 amide bonds. The van der Waals surface area contributed by atoms with Crippen LogP contribution in [-0.4, -0.2) is 17.6 Å². The molecular formula is C21H19FN2O3. The van der Waals surface area contributed by atoms with E-state index >= 15 is 0 Å². The maximum atomic E-state index is 14.1. The summed E-state index contributed by atoms with van der Waals surface area (Å²) in [5.74, 6) is -0.326. The van der Waals surface area contributed by atoms with Crippen LogP contribution in [0.1, 0.15) is 21.5 Å². The van der Waals surface area contributed by atoms with Crippen molar-refractivity contribution in [2.24, 2.45) is 0 Å². The Balaban J connectivity index is 1.83. The van der Waals surface area contributed by atoms with Crippen molar-refractivity contribution in [2.75, 3.05) is 7.11 Å². The van der Waals surface area contributed by atoms with Crippen molar-refractivity contribution in [1.82, 2.24) is 9.88 Å². The number of amides is 1. The third-order valence-corrected chi connectivity index (χ3v) is 4.17. The number of benzene rings is 2. The molecule has 0 spiro atoms. The molecule has 3 rings (SSSR count). The molecule has 5 nitrogen and oxygen atoms in total. The Kier molecular flexibility index (Phi) is 5.35. The minimum absolute atomic E-state index is 0.0492. The van der Waals surface area contributed by atoms with Gasteiger partial charge in [0.15, 0.2) is 0 Å². The van der Waals surface area contributed by atoms with Crippen LogP contribution < -0.4 is 15.6 Å². The number of carbonyl (C=O) groups excluding carboxylic acids is 1. The third-order valence-electron chi connectivity index (χ3n) is 4.17. The maximum Gasteiger partial charge on any atom is 0.268 e. The Bertz CT molecular complexity index is 1030. The van der Waals surface area contributed by atoms with Crippen LogP contribution in [0.4, 0.5) is 4.39 Å². The summed E-state index contributed by atoms with van der Waals surface area (Å²) in [7, 11) is 1.58. The first-order chi connectivity index (χ1) is 13.0. The highest BCUT2D eigenvalue weighted by atomic mass is 19.1. The molecule has 0 aliphatic rings. The number of rotatable bonds is 5. The zero-order valence-electron chi connectivity index (χ0n) is 15.0. The second-order valence-electron chi connectivity index (χ2n) is 6.08. The summed E-state index contributed by atoms with van der Waals surface area (Å²) >= 11 is 0. The van der Waals surface area contributed by atoms with E-state index in [1.54, 1.807) is 44.4 Å². The van der Waals surface area contributed by atoms with Gasteiger partial charge < -0.3 is 10.1 Å². The van der Waals surface area contributed by atoms with Gasteiger partial charge in [-0.05, 0) is 54.4 Å². The van der Waals surface area contributed by atoms with Gasteiger partial charge in [-0.15, -0.1) is 0 Å². The molecule has 138 valence electrons. The number of aromatic nitrogens is 1. The van der Waals surface area contributed by atoms with E-state index < -0.39 is 17.3 Å². The predicted molar refractivity (Wildman–Crippen MR) is 101 cm³/mol. The zero-order valence-corrected chi connectivity index (χ0v) is 15.0. The van der Waals surface area contributed by atoms with E-state index in [0.29, 0.717) is 0 Å². The molecule has 0 unspecified atom stereocenters. The third kappa shape index (κ3) is 4.06. The van der Waals surface area contributed by atoms with Crippen molar-refractivity contribution in [3.63, 3.8) is 0 Å². The summed E-state index contributed by atoms with van der Waals surface area (Å²) in [6.45, 7) is 2.06. The molecule has 0 bridgehead atoms. The highest BCUT2D eigenvalue weighted by Crippen LogP contribution is 2.14. The normalized spacial score (nSPS) is 10.5. The van der Waals surface area contributed by atoms with E-state index in [2.05, 4.69) is 5.32 Å². The Morgan fingerprint density at radius 2 is 1.89 bits per heavy atom. The topological polar surface area (TPSA) is 60.3 Å². The summed E-state index contributed by atoms with van der Waals surface area (Å²) in [4.78, 5) is 25.1. The summed E-state index contributed by atoms with van der Waals surface area (Å²) in [6, 6.07) is 14.7. The van der Waals surface area contributed by atoms with Gasteiger partial charge in [-0.25, -0.2) is 4.39 Å². The van der Waals surface area contributed by atoms with E-state index in [9.17, 15) is 14.0 Å². The second kappa shape index (κ2) is 7.86. The number of aryl methyl sites for hydroxylation is 1. The average Bonchev–Trinajstić information content (AvgIpc) is 2.68. The van der Waals surface area contributed by atoms with Crippen molar-refractivity contribution in [3.8, 4) is 11.4 Å². The lowest BCUT2D eigenvalue weighted by atomic mass is 10.2. The summed E-state index contributed by atoms with van der Waals surface area (Å²) in [5, 5.41) is 2.71. The summed E-state index contributed by atoms with van der Waals surface area (Å²) in [5.41, 5.74) is 1.17. The SMILES string of the molecule is COc1ccc(CNC(=O)c2cccn(-c3cc(C)ccc3F)c2=O)cc1. The minimum Gasteiger partial charge on any atom is -0.497 e. The van der Waals surface area contributed by atoms with E-state index in [0.717, 1.165) is 21.4 Å². The first-order valence-electron chi connectivity index (χ1n) is 8.39. The van der Waals surface area contributed by atoms with Crippen molar-refractivity contribution >= 4 is 5.91 Å². The highest BCUT2D eigenvalue weighted by molar-refractivity contribution is 5.93. The van der Waals surface area contributed by atoms with Crippen molar-refractivity contribution in [2.45, 2.75) is 13.5 Å². The molecule has 0 saturated carbocycles. The van der Waals surface area contributed by atoms with Crippen molar-refractivity contribution in [3.05, 3.63) is 93.7 Å². The molecular weight excluding hydrogens is 347 g/mol.